The minimum absolute atomic E-state index is 0.0246. The summed E-state index contributed by atoms with van der Waals surface area (Å²) < 4.78 is 0. The van der Waals surface area contributed by atoms with Crippen LogP contribution < -0.4 is 5.32 Å². The zero-order valence-corrected chi connectivity index (χ0v) is 17.0. The smallest absolute Gasteiger partial charge is 0.274 e. The zero-order chi connectivity index (χ0) is 21.0. The third-order valence-corrected chi connectivity index (χ3v) is 6.81. The van der Waals surface area contributed by atoms with Crippen LogP contribution in [0.1, 0.15) is 52.5 Å². The lowest BCUT2D eigenvalue weighted by Crippen LogP contribution is -2.50. The Balaban J connectivity index is 1.24. The fraction of sp³-hybridized carbons (Fsp3) is 0.280. The van der Waals surface area contributed by atoms with Crippen molar-refractivity contribution in [1.29, 1.82) is 0 Å². The van der Waals surface area contributed by atoms with Crippen LogP contribution in [0.3, 0.4) is 0 Å². The number of nitrogens with zero attached hydrogens (tertiary/aromatic N) is 3. The fourth-order valence-electron chi connectivity index (χ4n) is 4.93. The van der Waals surface area contributed by atoms with E-state index in [1.54, 1.807) is 17.3 Å². The molecule has 6 heteroatoms. The quantitative estimate of drug-likeness (QED) is 0.715. The lowest BCUT2D eigenvalue weighted by molar-refractivity contribution is -0.128. The lowest BCUT2D eigenvalue weighted by Gasteiger charge is -2.28. The van der Waals surface area contributed by atoms with Crippen LogP contribution in [0.25, 0.3) is 11.3 Å². The Labute approximate surface area is 180 Å². The van der Waals surface area contributed by atoms with Crippen LogP contribution in [0.4, 0.5) is 0 Å². The van der Waals surface area contributed by atoms with Crippen molar-refractivity contribution in [3.05, 3.63) is 83.3 Å². The van der Waals surface area contributed by atoms with Crippen LogP contribution in [0.2, 0.25) is 0 Å². The summed E-state index contributed by atoms with van der Waals surface area (Å²) in [4.78, 5) is 37.1. The zero-order valence-electron chi connectivity index (χ0n) is 17.0. The number of amides is 2. The predicted molar refractivity (Wildman–Crippen MR) is 115 cm³/mol. The highest BCUT2D eigenvalue weighted by molar-refractivity contribution is 6.02. The van der Waals surface area contributed by atoms with Gasteiger partial charge in [-0.25, -0.2) is 4.98 Å². The van der Waals surface area contributed by atoms with Gasteiger partial charge in [-0.3, -0.25) is 14.6 Å². The summed E-state index contributed by atoms with van der Waals surface area (Å²) in [5.74, 6) is -0.192. The number of rotatable bonds is 4. The van der Waals surface area contributed by atoms with Gasteiger partial charge >= 0.3 is 0 Å². The Kier molecular flexibility index (Phi) is 3.96. The molecule has 6 rings (SSSR count). The van der Waals surface area contributed by atoms with Crippen LogP contribution in [-0.4, -0.2) is 32.2 Å². The molecule has 3 aromatic rings. The first-order chi connectivity index (χ1) is 15.2. The van der Waals surface area contributed by atoms with E-state index in [1.807, 2.05) is 36.4 Å². The van der Waals surface area contributed by atoms with Crippen molar-refractivity contribution >= 4 is 11.8 Å². The topological polar surface area (TPSA) is 75.2 Å². The Morgan fingerprint density at radius 3 is 2.74 bits per heavy atom. The van der Waals surface area contributed by atoms with Crippen molar-refractivity contribution in [2.24, 2.45) is 0 Å². The van der Waals surface area contributed by atoms with Crippen molar-refractivity contribution in [2.45, 2.75) is 43.8 Å². The van der Waals surface area contributed by atoms with Crippen LogP contribution in [0.15, 0.2) is 60.9 Å². The number of aromatic nitrogens is 2. The van der Waals surface area contributed by atoms with E-state index in [0.29, 0.717) is 25.1 Å². The standard InChI is InChI=1S/C25H22N4O2/c30-23-22-18(8-9-20(27-22)17-5-3-13-26-14-17)15-29(23)25(11-12-25)24(31)28-21-10-7-16-4-1-2-6-19(16)21/h1-6,8-9,13-14,21H,7,10-12,15H2,(H,28,31)/t21-/m0/s1. The summed E-state index contributed by atoms with van der Waals surface area (Å²) >= 11 is 0. The summed E-state index contributed by atoms with van der Waals surface area (Å²) in [6.07, 6.45) is 6.72. The van der Waals surface area contributed by atoms with Gasteiger partial charge in [0, 0.05) is 30.1 Å². The molecule has 0 unspecified atom stereocenters. The minimum Gasteiger partial charge on any atom is -0.347 e. The van der Waals surface area contributed by atoms with Crippen molar-refractivity contribution in [2.75, 3.05) is 0 Å². The molecule has 1 aliphatic heterocycles. The van der Waals surface area contributed by atoms with Gasteiger partial charge in [-0.1, -0.05) is 30.3 Å². The highest BCUT2D eigenvalue weighted by Crippen LogP contribution is 2.46. The van der Waals surface area contributed by atoms with E-state index in [0.717, 1.165) is 29.7 Å². The van der Waals surface area contributed by atoms with Crippen molar-refractivity contribution < 1.29 is 9.59 Å². The number of pyridine rings is 2. The number of hydrogen-bond acceptors (Lipinski definition) is 4. The van der Waals surface area contributed by atoms with Gasteiger partial charge < -0.3 is 10.2 Å². The molecular formula is C25H22N4O2. The van der Waals surface area contributed by atoms with E-state index in [9.17, 15) is 9.59 Å². The molecule has 1 aromatic carbocycles. The van der Waals surface area contributed by atoms with Gasteiger partial charge in [0.15, 0.2) is 0 Å². The van der Waals surface area contributed by atoms with E-state index in [1.165, 1.54) is 11.1 Å². The van der Waals surface area contributed by atoms with Crippen LogP contribution in [-0.2, 0) is 17.8 Å². The molecule has 1 fully saturated rings. The van der Waals surface area contributed by atoms with E-state index in [2.05, 4.69) is 27.4 Å². The normalized spacial score (nSPS) is 20.3. The molecule has 2 aliphatic carbocycles. The molecule has 3 aliphatic rings. The Morgan fingerprint density at radius 2 is 1.94 bits per heavy atom. The van der Waals surface area contributed by atoms with Gasteiger partial charge in [0.2, 0.25) is 5.91 Å². The summed E-state index contributed by atoms with van der Waals surface area (Å²) in [7, 11) is 0. The lowest BCUT2D eigenvalue weighted by atomic mass is 10.1. The predicted octanol–water partition coefficient (Wildman–Crippen LogP) is 3.44. The Morgan fingerprint density at radius 1 is 1.06 bits per heavy atom. The maximum Gasteiger partial charge on any atom is 0.274 e. The molecule has 0 radical (unpaired) electrons. The molecule has 31 heavy (non-hydrogen) atoms. The summed E-state index contributed by atoms with van der Waals surface area (Å²) in [5, 5.41) is 3.24. The number of nitrogens with one attached hydrogen (secondary N) is 1. The summed E-state index contributed by atoms with van der Waals surface area (Å²) in [6.45, 7) is 0.434. The fourth-order valence-corrected chi connectivity index (χ4v) is 4.93. The second-order valence-corrected chi connectivity index (χ2v) is 8.63. The molecule has 2 aromatic heterocycles. The van der Waals surface area contributed by atoms with Gasteiger partial charge in [0.1, 0.15) is 11.2 Å². The van der Waals surface area contributed by atoms with Gasteiger partial charge in [0.05, 0.1) is 11.7 Å². The van der Waals surface area contributed by atoms with Crippen LogP contribution in [0.5, 0.6) is 0 Å². The Hall–Kier alpha value is -3.54. The molecular weight excluding hydrogens is 388 g/mol. The van der Waals surface area contributed by atoms with Crippen molar-refractivity contribution in [3.63, 3.8) is 0 Å². The third-order valence-electron chi connectivity index (χ3n) is 6.81. The molecule has 1 atom stereocenters. The first-order valence-corrected chi connectivity index (χ1v) is 10.8. The van der Waals surface area contributed by atoms with E-state index >= 15 is 0 Å². The third kappa shape index (κ3) is 2.86. The second kappa shape index (κ2) is 6.74. The van der Waals surface area contributed by atoms with Gasteiger partial charge in [-0.2, -0.15) is 0 Å². The highest BCUT2D eigenvalue weighted by Gasteiger charge is 2.58. The maximum absolute atomic E-state index is 13.3. The molecule has 0 spiro atoms. The van der Waals surface area contributed by atoms with Crippen molar-refractivity contribution in [1.82, 2.24) is 20.2 Å². The summed E-state index contributed by atoms with van der Waals surface area (Å²) in [5.41, 5.74) is 4.67. The first kappa shape index (κ1) is 18.2. The number of fused-ring (bicyclic) bond motifs is 2. The van der Waals surface area contributed by atoms with Crippen LogP contribution in [0, 0.1) is 0 Å². The molecule has 0 saturated heterocycles. The monoisotopic (exact) mass is 410 g/mol. The number of hydrogen-bond donors (Lipinski definition) is 1. The van der Waals surface area contributed by atoms with Gasteiger partial charge in [-0.05, 0) is 55.0 Å². The molecule has 1 N–H and O–H groups in total. The number of carbonyl (C=O) groups excluding carboxylic acids is 2. The molecule has 1 saturated carbocycles. The highest BCUT2D eigenvalue weighted by atomic mass is 16.2. The molecule has 2 amide bonds. The van der Waals surface area contributed by atoms with Crippen molar-refractivity contribution in [3.8, 4) is 11.3 Å². The SMILES string of the molecule is O=C1c2nc(-c3cccnc3)ccc2CN1C1(C(=O)N[C@H]2CCc3ccccc32)CC1. The maximum atomic E-state index is 13.3. The Bertz CT molecular complexity index is 1200. The number of benzene rings is 1. The molecule has 154 valence electrons. The first-order valence-electron chi connectivity index (χ1n) is 10.8. The summed E-state index contributed by atoms with van der Waals surface area (Å²) in [6, 6.07) is 15.9. The second-order valence-electron chi connectivity index (χ2n) is 8.63. The number of carbonyl (C=O) groups is 2. The van der Waals surface area contributed by atoms with E-state index in [-0.39, 0.29) is 17.9 Å². The van der Waals surface area contributed by atoms with Gasteiger partial charge in [-0.15, -0.1) is 0 Å². The molecule has 3 heterocycles. The van der Waals surface area contributed by atoms with E-state index in [4.69, 9.17) is 0 Å². The van der Waals surface area contributed by atoms with E-state index < -0.39 is 5.54 Å². The number of aryl methyl sites for hydroxylation is 1. The largest absolute Gasteiger partial charge is 0.347 e. The van der Waals surface area contributed by atoms with Gasteiger partial charge in [0.25, 0.3) is 5.91 Å². The molecule has 0 bridgehead atoms. The van der Waals surface area contributed by atoms with Crippen LogP contribution >= 0.6 is 0 Å². The molecule has 6 nitrogen and oxygen atoms in total. The average molecular weight is 410 g/mol. The minimum atomic E-state index is -0.746. The average Bonchev–Trinajstić information content (AvgIpc) is 3.43.